The molecule has 0 radical (unpaired) electrons. The van der Waals surface area contributed by atoms with Gasteiger partial charge in [-0.05, 0) is 23.6 Å². The van der Waals surface area contributed by atoms with Crippen LogP contribution >= 0.6 is 11.3 Å². The highest BCUT2D eigenvalue weighted by atomic mass is 32.1. The average molecular weight is 322 g/mol. The number of hydrogen-bond acceptors (Lipinski definition) is 2. The lowest BCUT2D eigenvalue weighted by Crippen LogP contribution is -2.11. The van der Waals surface area contributed by atoms with E-state index in [-0.39, 0.29) is 5.92 Å². The Hall–Kier alpha value is -2.39. The molecule has 2 aromatic carbocycles. The van der Waals surface area contributed by atoms with Gasteiger partial charge in [0.05, 0.1) is 5.92 Å². The van der Waals surface area contributed by atoms with E-state index >= 15 is 0 Å². The Morgan fingerprint density at radius 2 is 1.57 bits per heavy atom. The lowest BCUT2D eigenvalue weighted by molar-refractivity contribution is -0.141. The maximum Gasteiger partial charge on any atom is 0.306 e. The highest BCUT2D eigenvalue weighted by molar-refractivity contribution is 7.16. The van der Waals surface area contributed by atoms with Crippen molar-refractivity contribution in [2.75, 3.05) is 0 Å². The second-order valence-electron chi connectivity index (χ2n) is 5.63. The Bertz CT molecular complexity index is 734. The molecule has 0 spiro atoms. The lowest BCUT2D eigenvalue weighted by Gasteiger charge is -2.03. The Labute approximate surface area is 140 Å². The molecule has 1 heterocycles. The standard InChI is InChI=1S/C20H18O2S/c1-14(20(21)22)12-17-13-18(15-8-4-2-5-9-15)19(23-17)16-10-6-3-7-11-16/h2-11,13-14H,12H2,1H3,(H,21,22). The van der Waals surface area contributed by atoms with Gasteiger partial charge in [-0.2, -0.15) is 0 Å². The molecule has 0 amide bonds. The molecule has 1 unspecified atom stereocenters. The van der Waals surface area contributed by atoms with E-state index in [1.165, 1.54) is 16.0 Å². The molecule has 3 rings (SSSR count). The fraction of sp³-hybridized carbons (Fsp3) is 0.150. The SMILES string of the molecule is CC(Cc1cc(-c2ccccc2)c(-c2ccccc2)s1)C(=O)O. The quantitative estimate of drug-likeness (QED) is 0.688. The summed E-state index contributed by atoms with van der Waals surface area (Å²) in [5.41, 5.74) is 3.51. The van der Waals surface area contributed by atoms with Crippen LogP contribution in [0.2, 0.25) is 0 Å². The largest absolute Gasteiger partial charge is 0.481 e. The first kappa shape index (κ1) is 15.5. The predicted molar refractivity (Wildman–Crippen MR) is 95.7 cm³/mol. The molecule has 116 valence electrons. The van der Waals surface area contributed by atoms with E-state index in [2.05, 4.69) is 30.3 Å². The van der Waals surface area contributed by atoms with Crippen molar-refractivity contribution in [3.05, 3.63) is 71.6 Å². The third kappa shape index (κ3) is 3.51. The van der Waals surface area contributed by atoms with Gasteiger partial charge in [0.25, 0.3) is 0 Å². The number of carboxylic acids is 1. The molecule has 1 N–H and O–H groups in total. The molecule has 0 aliphatic carbocycles. The molecule has 0 bridgehead atoms. The summed E-state index contributed by atoms with van der Waals surface area (Å²) >= 11 is 1.69. The Balaban J connectivity index is 2.06. The van der Waals surface area contributed by atoms with Crippen molar-refractivity contribution in [1.29, 1.82) is 0 Å². The van der Waals surface area contributed by atoms with Crippen LogP contribution in [0, 0.1) is 5.92 Å². The van der Waals surface area contributed by atoms with Crippen molar-refractivity contribution in [3.63, 3.8) is 0 Å². The van der Waals surface area contributed by atoms with Crippen molar-refractivity contribution in [2.24, 2.45) is 5.92 Å². The minimum Gasteiger partial charge on any atom is -0.481 e. The van der Waals surface area contributed by atoms with E-state index in [4.69, 9.17) is 5.11 Å². The molecular formula is C20H18O2S. The van der Waals surface area contributed by atoms with Crippen LogP contribution in [-0.4, -0.2) is 11.1 Å². The van der Waals surface area contributed by atoms with Crippen LogP contribution in [0.5, 0.6) is 0 Å². The average Bonchev–Trinajstić information content (AvgIpc) is 3.00. The summed E-state index contributed by atoms with van der Waals surface area (Å²) in [7, 11) is 0. The maximum atomic E-state index is 11.1. The normalized spacial score (nSPS) is 12.0. The van der Waals surface area contributed by atoms with E-state index < -0.39 is 5.97 Å². The molecule has 0 fully saturated rings. The second-order valence-corrected chi connectivity index (χ2v) is 6.77. The van der Waals surface area contributed by atoms with Gasteiger partial charge in [0, 0.05) is 15.3 Å². The number of carboxylic acid groups (broad SMARTS) is 1. The zero-order chi connectivity index (χ0) is 16.2. The van der Waals surface area contributed by atoms with Crippen LogP contribution in [0.3, 0.4) is 0 Å². The number of carbonyl (C=O) groups is 1. The van der Waals surface area contributed by atoms with Gasteiger partial charge in [0.15, 0.2) is 0 Å². The molecule has 2 nitrogen and oxygen atoms in total. The number of benzene rings is 2. The van der Waals surface area contributed by atoms with Crippen LogP contribution in [0.25, 0.3) is 21.6 Å². The number of hydrogen-bond donors (Lipinski definition) is 1. The van der Waals surface area contributed by atoms with Gasteiger partial charge in [0.1, 0.15) is 0 Å². The van der Waals surface area contributed by atoms with Crippen molar-refractivity contribution in [2.45, 2.75) is 13.3 Å². The molecule has 3 heteroatoms. The van der Waals surface area contributed by atoms with Crippen LogP contribution in [0.15, 0.2) is 66.7 Å². The van der Waals surface area contributed by atoms with Gasteiger partial charge in [-0.15, -0.1) is 11.3 Å². The summed E-state index contributed by atoms with van der Waals surface area (Å²) < 4.78 is 0. The minimum atomic E-state index is -0.749. The highest BCUT2D eigenvalue weighted by Gasteiger charge is 2.17. The molecule has 3 aromatic rings. The third-order valence-electron chi connectivity index (χ3n) is 3.83. The van der Waals surface area contributed by atoms with Crippen LogP contribution in [0.1, 0.15) is 11.8 Å². The summed E-state index contributed by atoms with van der Waals surface area (Å²) in [6.07, 6.45) is 0.562. The zero-order valence-corrected chi connectivity index (χ0v) is 13.7. The van der Waals surface area contributed by atoms with Gasteiger partial charge in [-0.3, -0.25) is 4.79 Å². The first-order valence-electron chi connectivity index (χ1n) is 7.61. The van der Waals surface area contributed by atoms with Crippen molar-refractivity contribution < 1.29 is 9.90 Å². The van der Waals surface area contributed by atoms with E-state index in [0.717, 1.165) is 10.4 Å². The number of rotatable bonds is 5. The Kier molecular flexibility index (Phi) is 4.58. The Morgan fingerprint density at radius 1 is 1.00 bits per heavy atom. The second kappa shape index (κ2) is 6.80. The summed E-state index contributed by atoms with van der Waals surface area (Å²) in [6, 6.07) is 22.7. The fourth-order valence-electron chi connectivity index (χ4n) is 2.57. The van der Waals surface area contributed by atoms with Crippen LogP contribution in [0.4, 0.5) is 0 Å². The van der Waals surface area contributed by atoms with Gasteiger partial charge >= 0.3 is 5.97 Å². The molecule has 23 heavy (non-hydrogen) atoms. The third-order valence-corrected chi connectivity index (χ3v) is 5.04. The number of aliphatic carboxylic acids is 1. The smallest absolute Gasteiger partial charge is 0.306 e. The molecular weight excluding hydrogens is 304 g/mol. The first-order chi connectivity index (χ1) is 11.1. The summed E-state index contributed by atoms with van der Waals surface area (Å²) in [6.45, 7) is 1.76. The van der Waals surface area contributed by atoms with E-state index in [9.17, 15) is 4.79 Å². The monoisotopic (exact) mass is 322 g/mol. The lowest BCUT2D eigenvalue weighted by atomic mass is 10.0. The van der Waals surface area contributed by atoms with Crippen LogP contribution < -0.4 is 0 Å². The van der Waals surface area contributed by atoms with Crippen molar-refractivity contribution in [3.8, 4) is 21.6 Å². The van der Waals surface area contributed by atoms with E-state index in [0.29, 0.717) is 6.42 Å². The van der Waals surface area contributed by atoms with Gasteiger partial charge in [-0.1, -0.05) is 67.6 Å². The Morgan fingerprint density at radius 3 is 2.13 bits per heavy atom. The molecule has 0 saturated heterocycles. The number of thiophene rings is 1. The highest BCUT2D eigenvalue weighted by Crippen LogP contribution is 2.40. The summed E-state index contributed by atoms with van der Waals surface area (Å²) in [5.74, 6) is -1.12. The fourth-order valence-corrected chi connectivity index (χ4v) is 3.88. The molecule has 0 aliphatic rings. The topological polar surface area (TPSA) is 37.3 Å². The summed E-state index contributed by atoms with van der Waals surface area (Å²) in [4.78, 5) is 13.4. The predicted octanol–water partition coefficient (Wildman–Crippen LogP) is 5.35. The minimum absolute atomic E-state index is 0.374. The molecule has 0 saturated carbocycles. The molecule has 0 aliphatic heterocycles. The first-order valence-corrected chi connectivity index (χ1v) is 8.43. The van der Waals surface area contributed by atoms with Crippen LogP contribution in [-0.2, 0) is 11.2 Å². The molecule has 1 aromatic heterocycles. The van der Waals surface area contributed by atoms with Crippen molar-refractivity contribution in [1.82, 2.24) is 0 Å². The summed E-state index contributed by atoms with van der Waals surface area (Å²) in [5, 5.41) is 9.16. The maximum absolute atomic E-state index is 11.1. The van der Waals surface area contributed by atoms with Gasteiger partial charge < -0.3 is 5.11 Å². The van der Waals surface area contributed by atoms with E-state index in [1.807, 2.05) is 36.4 Å². The van der Waals surface area contributed by atoms with Gasteiger partial charge in [0.2, 0.25) is 0 Å². The van der Waals surface area contributed by atoms with E-state index in [1.54, 1.807) is 18.3 Å². The zero-order valence-electron chi connectivity index (χ0n) is 12.9. The molecule has 1 atom stereocenters. The van der Waals surface area contributed by atoms with Gasteiger partial charge in [-0.25, -0.2) is 0 Å². The van der Waals surface area contributed by atoms with Crippen molar-refractivity contribution >= 4 is 17.3 Å².